The fraction of sp³-hybridized carbons (Fsp3) is 0.263. The van der Waals surface area contributed by atoms with E-state index in [1.165, 1.54) is 10.4 Å². The molecule has 3 aromatic rings. The summed E-state index contributed by atoms with van der Waals surface area (Å²) in [5.41, 5.74) is 2.51. The Kier molecular flexibility index (Phi) is 6.39. The predicted molar refractivity (Wildman–Crippen MR) is 107 cm³/mol. The van der Waals surface area contributed by atoms with Crippen molar-refractivity contribution < 1.29 is 44.0 Å². The molecule has 1 aliphatic rings. The van der Waals surface area contributed by atoms with Crippen LogP contribution >= 0.6 is 11.3 Å². The van der Waals surface area contributed by atoms with Gasteiger partial charge in [-0.05, 0) is 0 Å². The van der Waals surface area contributed by atoms with Crippen molar-refractivity contribution in [2.75, 3.05) is 19.0 Å². The second kappa shape index (κ2) is 9.04. The number of anilines is 1. The summed E-state index contributed by atoms with van der Waals surface area (Å²) in [4.78, 5) is 19.2. The molecule has 1 aliphatic heterocycles. The first kappa shape index (κ1) is 21.9. The third kappa shape index (κ3) is 4.96. The van der Waals surface area contributed by atoms with Crippen LogP contribution in [0.15, 0.2) is 39.7 Å². The van der Waals surface area contributed by atoms with E-state index in [9.17, 15) is 13.2 Å². The molecule has 0 radical (unpaired) electrons. The van der Waals surface area contributed by atoms with Gasteiger partial charge in [-0.15, -0.1) is 0 Å². The van der Waals surface area contributed by atoms with E-state index in [1.807, 2.05) is 25.3 Å². The van der Waals surface area contributed by atoms with E-state index in [0.29, 0.717) is 18.2 Å². The Bertz CT molecular complexity index is 1180. The predicted octanol–water partition coefficient (Wildman–Crippen LogP) is 1.46. The summed E-state index contributed by atoms with van der Waals surface area (Å²) in [6.45, 7) is 2.50. The van der Waals surface area contributed by atoms with Gasteiger partial charge < -0.3 is 0 Å². The summed E-state index contributed by atoms with van der Waals surface area (Å²) in [6, 6.07) is 3.93. The Balaban J connectivity index is 1.62. The van der Waals surface area contributed by atoms with Crippen LogP contribution in [0.3, 0.4) is 0 Å². The molecule has 0 amide bonds. The molecule has 0 aliphatic carbocycles. The van der Waals surface area contributed by atoms with E-state index in [2.05, 4.69) is 25.4 Å². The van der Waals surface area contributed by atoms with E-state index >= 15 is 0 Å². The Morgan fingerprint density at radius 2 is 2.06 bits per heavy atom. The third-order valence-corrected chi connectivity index (χ3v) is 7.54. The molecule has 0 unspecified atom stereocenters. The monoisotopic (exact) mass is 562 g/mol. The zero-order valence-corrected chi connectivity index (χ0v) is 19.3. The van der Waals surface area contributed by atoms with Crippen LogP contribution in [0.1, 0.15) is 10.4 Å². The molecule has 2 aromatic heterocycles. The third-order valence-electron chi connectivity index (χ3n) is 4.17. The van der Waals surface area contributed by atoms with Crippen molar-refractivity contribution in [1.82, 2.24) is 15.0 Å². The first-order valence-corrected chi connectivity index (χ1v) is 12.1. The number of fused-ring (bicyclic) bond motifs is 1. The first-order valence-electron chi connectivity index (χ1n) is 8.93. The molecule has 4 rings (SSSR count). The fourth-order valence-electron chi connectivity index (χ4n) is 2.87. The number of benzene rings is 1. The molecule has 0 spiro atoms. The zero-order chi connectivity index (χ0) is 22.0. The van der Waals surface area contributed by atoms with Crippen molar-refractivity contribution in [1.29, 1.82) is 0 Å². The number of oxime groups is 1. The second-order valence-electron chi connectivity index (χ2n) is 6.47. The van der Waals surface area contributed by atoms with Crippen LogP contribution < -0.4 is 26.5 Å². The van der Waals surface area contributed by atoms with Crippen LogP contribution in [0.2, 0.25) is 0 Å². The van der Waals surface area contributed by atoms with Gasteiger partial charge in [-0.1, -0.05) is 0 Å². The average molecular weight is 562 g/mol. The van der Waals surface area contributed by atoms with E-state index in [1.54, 1.807) is 18.4 Å². The number of nitrogens with zero attached hydrogens (tertiary/aromatic N) is 4. The van der Waals surface area contributed by atoms with Crippen LogP contribution in [0.25, 0.3) is 21.5 Å². The standard InChI is InChI=1S/C19H16F3IN5O2S/c1-10-6-25-17(31-10)11-3-12(8-29-2)15-14(4-11)16(27-9-26-15)24-7-13-5-23-18(28-30-13)19(20,21)22/h3-6,9H,7-8H2,1-2H3,(H,24,26,27)/q-1. The maximum atomic E-state index is 12.7. The van der Waals surface area contributed by atoms with Crippen LogP contribution in [0.4, 0.5) is 19.0 Å². The van der Waals surface area contributed by atoms with Gasteiger partial charge in [-0.2, -0.15) is 0 Å². The summed E-state index contributed by atoms with van der Waals surface area (Å²) >= 11 is 0.174. The molecular weight excluding hydrogens is 546 g/mol. The van der Waals surface area contributed by atoms with Crippen molar-refractivity contribution in [3.05, 3.63) is 44.9 Å². The number of hydrogen-bond donors (Lipinski definition) is 1. The van der Waals surface area contributed by atoms with Crippen LogP contribution in [-0.4, -0.2) is 38.5 Å². The molecule has 0 bridgehead atoms. The van der Waals surface area contributed by atoms with Crippen molar-refractivity contribution in [2.45, 2.75) is 19.7 Å². The number of hydrogen-bond acceptors (Lipinski definition) is 8. The number of thiazole rings is 1. The number of nitrogens with one attached hydrogen (secondary N) is 1. The Morgan fingerprint density at radius 1 is 1.23 bits per heavy atom. The van der Waals surface area contributed by atoms with Gasteiger partial charge in [-0.25, -0.2) is 0 Å². The minimum absolute atomic E-state index is 0.153. The summed E-state index contributed by atoms with van der Waals surface area (Å²) in [5.74, 6) is 0.863. The van der Waals surface area contributed by atoms with Crippen molar-refractivity contribution in [3.8, 4) is 10.6 Å². The van der Waals surface area contributed by atoms with E-state index in [0.717, 1.165) is 31.9 Å². The molecule has 3 heterocycles. The number of rotatable bonds is 6. The quantitative estimate of drug-likeness (QED) is 0.459. The van der Waals surface area contributed by atoms with Gasteiger partial charge >= 0.3 is 190 Å². The van der Waals surface area contributed by atoms with Gasteiger partial charge in [-0.3, -0.25) is 0 Å². The molecule has 0 saturated heterocycles. The first-order chi connectivity index (χ1) is 14.8. The molecule has 0 atom stereocenters. The number of aryl methyl sites for hydroxylation is 1. The van der Waals surface area contributed by atoms with Gasteiger partial charge in [0.05, 0.1) is 0 Å². The molecule has 164 valence electrons. The van der Waals surface area contributed by atoms with Gasteiger partial charge in [0.2, 0.25) is 0 Å². The molecule has 7 nitrogen and oxygen atoms in total. The van der Waals surface area contributed by atoms with Gasteiger partial charge in [0.1, 0.15) is 0 Å². The molecule has 1 N–H and O–H groups in total. The molecular formula is C19H16F3IN5O2S-. The van der Waals surface area contributed by atoms with E-state index in [4.69, 9.17) is 9.57 Å². The van der Waals surface area contributed by atoms with Crippen LogP contribution in [0, 0.1) is 6.92 Å². The molecule has 1 aromatic carbocycles. The van der Waals surface area contributed by atoms with E-state index < -0.39 is 31.1 Å². The van der Waals surface area contributed by atoms with Crippen molar-refractivity contribution >= 4 is 31.8 Å². The average Bonchev–Trinajstić information content (AvgIpc) is 3.18. The topological polar surface area (TPSA) is 81.5 Å². The number of aromatic nitrogens is 3. The number of ether oxygens (including phenoxy) is 1. The Hall–Kier alpha value is -2.32. The van der Waals surface area contributed by atoms with Crippen LogP contribution in [0.5, 0.6) is 0 Å². The maximum absolute atomic E-state index is 12.7. The Morgan fingerprint density at radius 3 is 2.71 bits per heavy atom. The van der Waals surface area contributed by atoms with Gasteiger partial charge in [0.15, 0.2) is 0 Å². The zero-order valence-electron chi connectivity index (χ0n) is 16.3. The van der Waals surface area contributed by atoms with Gasteiger partial charge in [0, 0.05) is 0 Å². The van der Waals surface area contributed by atoms with Crippen molar-refractivity contribution in [2.24, 2.45) is 5.16 Å². The SMILES string of the molecule is COCc1cc(-c2ncc(C)s2)cc2c(NCC3=C[I-]C(C(F)(F)F)=NO3)ncnc12. The summed E-state index contributed by atoms with van der Waals surface area (Å²) in [6.07, 6.45) is -1.21. The minimum atomic E-state index is -4.45. The summed E-state index contributed by atoms with van der Waals surface area (Å²) in [7, 11) is 1.61. The van der Waals surface area contributed by atoms with Crippen LogP contribution in [-0.2, 0) is 16.2 Å². The number of methoxy groups -OCH3 is 1. The number of alkyl halides is 3. The molecule has 0 fully saturated rings. The fourth-order valence-corrected chi connectivity index (χ4v) is 5.16. The molecule has 0 saturated carbocycles. The van der Waals surface area contributed by atoms with Gasteiger partial charge in [0.25, 0.3) is 0 Å². The normalized spacial score (nSPS) is 14.5. The molecule has 12 heteroatoms. The molecule has 31 heavy (non-hydrogen) atoms. The Labute approximate surface area is 189 Å². The van der Waals surface area contributed by atoms with E-state index in [-0.39, 0.29) is 6.54 Å². The second-order valence-corrected chi connectivity index (χ2v) is 9.97. The summed E-state index contributed by atoms with van der Waals surface area (Å²) < 4.78 is 44.1. The number of halogens is 4. The van der Waals surface area contributed by atoms with Crippen molar-refractivity contribution in [3.63, 3.8) is 0 Å². The summed E-state index contributed by atoms with van der Waals surface area (Å²) in [5, 5.41) is 7.98.